The standard InChI is InChI=1S/C16H29N5O2S/c1-16(2,3)24(22,23)9-7-18-15(17-4)21-8-6-13(12-21)14-10-19-20(5)11-14/h10-11,13H,6-9,12H2,1-5H3,(H,17,18). The molecular formula is C16H29N5O2S. The number of aryl methyl sites for hydroxylation is 1. The number of guanidine groups is 1. The Labute approximate surface area is 145 Å². The molecule has 1 N–H and O–H groups in total. The highest BCUT2D eigenvalue weighted by atomic mass is 32.2. The van der Waals surface area contributed by atoms with E-state index in [0.29, 0.717) is 12.5 Å². The van der Waals surface area contributed by atoms with Gasteiger partial charge in [-0.15, -0.1) is 0 Å². The van der Waals surface area contributed by atoms with Gasteiger partial charge in [-0.2, -0.15) is 5.10 Å². The van der Waals surface area contributed by atoms with E-state index in [-0.39, 0.29) is 5.75 Å². The minimum atomic E-state index is -3.12. The fourth-order valence-electron chi connectivity index (χ4n) is 2.81. The molecule has 1 aromatic heterocycles. The number of aliphatic imine (C=N–C) groups is 1. The molecule has 0 spiro atoms. The van der Waals surface area contributed by atoms with Gasteiger partial charge in [0, 0.05) is 45.8 Å². The van der Waals surface area contributed by atoms with Gasteiger partial charge >= 0.3 is 0 Å². The van der Waals surface area contributed by atoms with Gasteiger partial charge in [0.2, 0.25) is 0 Å². The SMILES string of the molecule is CN=C(NCCS(=O)(=O)C(C)(C)C)N1CCC(c2cnn(C)c2)C1. The maximum atomic E-state index is 12.2. The third-order valence-corrected chi connectivity index (χ3v) is 7.09. The number of hydrogen-bond donors (Lipinski definition) is 1. The van der Waals surface area contributed by atoms with Crippen LogP contribution in [0, 0.1) is 0 Å². The minimum absolute atomic E-state index is 0.107. The van der Waals surface area contributed by atoms with Crippen molar-refractivity contribution in [2.75, 3.05) is 32.4 Å². The predicted octanol–water partition coefficient (Wildman–Crippen LogP) is 0.998. The summed E-state index contributed by atoms with van der Waals surface area (Å²) >= 11 is 0. The van der Waals surface area contributed by atoms with Crippen molar-refractivity contribution in [3.8, 4) is 0 Å². The van der Waals surface area contributed by atoms with E-state index in [9.17, 15) is 8.42 Å². The molecule has 1 atom stereocenters. The summed E-state index contributed by atoms with van der Waals surface area (Å²) in [7, 11) is 0.534. The Morgan fingerprint density at radius 2 is 2.17 bits per heavy atom. The zero-order valence-corrected chi connectivity index (χ0v) is 16.1. The molecule has 0 saturated carbocycles. The Bertz CT molecular complexity index is 688. The summed E-state index contributed by atoms with van der Waals surface area (Å²) in [5, 5.41) is 7.43. The summed E-state index contributed by atoms with van der Waals surface area (Å²) in [6.45, 7) is 7.35. The average Bonchev–Trinajstić information content (AvgIpc) is 3.11. The second-order valence-corrected chi connectivity index (χ2v) is 10.1. The van der Waals surface area contributed by atoms with Gasteiger partial charge in [-0.1, -0.05) is 0 Å². The molecule has 0 amide bonds. The third-order valence-electron chi connectivity index (χ3n) is 4.48. The molecule has 2 rings (SSSR count). The smallest absolute Gasteiger partial charge is 0.193 e. The first kappa shape index (κ1) is 18.8. The molecule has 0 aromatic carbocycles. The third kappa shape index (κ3) is 4.28. The summed E-state index contributed by atoms with van der Waals surface area (Å²) in [4.78, 5) is 6.48. The maximum absolute atomic E-state index is 12.2. The summed E-state index contributed by atoms with van der Waals surface area (Å²) in [5.41, 5.74) is 1.24. The van der Waals surface area contributed by atoms with Gasteiger partial charge < -0.3 is 10.2 Å². The van der Waals surface area contributed by atoms with Crippen LogP contribution in [-0.2, 0) is 16.9 Å². The molecule has 7 nitrogen and oxygen atoms in total. The molecular weight excluding hydrogens is 326 g/mol. The lowest BCUT2D eigenvalue weighted by molar-refractivity contribution is 0.487. The van der Waals surface area contributed by atoms with Crippen molar-refractivity contribution in [1.29, 1.82) is 0 Å². The second kappa shape index (κ2) is 7.13. The average molecular weight is 356 g/mol. The van der Waals surface area contributed by atoms with Crippen molar-refractivity contribution in [3.63, 3.8) is 0 Å². The first-order chi connectivity index (χ1) is 11.1. The van der Waals surface area contributed by atoms with Crippen molar-refractivity contribution in [2.45, 2.75) is 37.9 Å². The molecule has 8 heteroatoms. The van der Waals surface area contributed by atoms with Gasteiger partial charge in [-0.05, 0) is 32.8 Å². The summed E-state index contributed by atoms with van der Waals surface area (Å²) < 4.78 is 25.5. The first-order valence-electron chi connectivity index (χ1n) is 8.30. The lowest BCUT2D eigenvalue weighted by Gasteiger charge is -2.23. The normalized spacial score (nSPS) is 19.8. The lowest BCUT2D eigenvalue weighted by Crippen LogP contribution is -2.43. The fourth-order valence-corrected chi connectivity index (χ4v) is 3.79. The number of sulfone groups is 1. The summed E-state index contributed by atoms with van der Waals surface area (Å²) in [5.74, 6) is 1.32. The second-order valence-electron chi connectivity index (χ2n) is 7.28. The molecule has 1 aromatic rings. The zero-order chi connectivity index (χ0) is 18.0. The highest BCUT2D eigenvalue weighted by molar-refractivity contribution is 7.92. The van der Waals surface area contributed by atoms with E-state index in [2.05, 4.69) is 26.5 Å². The van der Waals surface area contributed by atoms with E-state index in [4.69, 9.17) is 0 Å². The van der Waals surface area contributed by atoms with Crippen molar-refractivity contribution >= 4 is 15.8 Å². The first-order valence-corrected chi connectivity index (χ1v) is 9.95. The van der Waals surface area contributed by atoms with Gasteiger partial charge in [0.15, 0.2) is 15.8 Å². The minimum Gasteiger partial charge on any atom is -0.355 e. The van der Waals surface area contributed by atoms with Gasteiger partial charge in [-0.3, -0.25) is 9.67 Å². The van der Waals surface area contributed by atoms with E-state index < -0.39 is 14.6 Å². The van der Waals surface area contributed by atoms with E-state index in [1.165, 1.54) is 5.56 Å². The molecule has 1 fully saturated rings. The molecule has 24 heavy (non-hydrogen) atoms. The molecule has 1 aliphatic heterocycles. The Kier molecular flexibility index (Phi) is 5.57. The lowest BCUT2D eigenvalue weighted by atomic mass is 10.0. The number of nitrogens with zero attached hydrogens (tertiary/aromatic N) is 4. The van der Waals surface area contributed by atoms with E-state index in [1.54, 1.807) is 27.8 Å². The van der Waals surface area contributed by atoms with Gasteiger partial charge in [-0.25, -0.2) is 8.42 Å². The van der Waals surface area contributed by atoms with Crippen molar-refractivity contribution in [1.82, 2.24) is 20.0 Å². The number of rotatable bonds is 4. The van der Waals surface area contributed by atoms with Crippen LogP contribution in [0.2, 0.25) is 0 Å². The Hall–Kier alpha value is -1.57. The monoisotopic (exact) mass is 355 g/mol. The highest BCUT2D eigenvalue weighted by Crippen LogP contribution is 2.26. The van der Waals surface area contributed by atoms with Crippen LogP contribution in [0.25, 0.3) is 0 Å². The van der Waals surface area contributed by atoms with Crippen LogP contribution < -0.4 is 5.32 Å². The van der Waals surface area contributed by atoms with Gasteiger partial charge in [0.05, 0.1) is 16.7 Å². The van der Waals surface area contributed by atoms with E-state index in [0.717, 1.165) is 25.5 Å². The van der Waals surface area contributed by atoms with Crippen LogP contribution in [0.15, 0.2) is 17.4 Å². The molecule has 2 heterocycles. The summed E-state index contributed by atoms with van der Waals surface area (Å²) in [6, 6.07) is 0. The van der Waals surface area contributed by atoms with Crippen molar-refractivity contribution < 1.29 is 8.42 Å². The Morgan fingerprint density at radius 3 is 2.71 bits per heavy atom. The maximum Gasteiger partial charge on any atom is 0.193 e. The van der Waals surface area contributed by atoms with Crippen molar-refractivity contribution in [3.05, 3.63) is 18.0 Å². The molecule has 1 unspecified atom stereocenters. The number of aromatic nitrogens is 2. The Morgan fingerprint density at radius 1 is 1.46 bits per heavy atom. The molecule has 1 saturated heterocycles. The van der Waals surface area contributed by atoms with Crippen LogP contribution in [0.4, 0.5) is 0 Å². The molecule has 0 bridgehead atoms. The molecule has 1 aliphatic rings. The number of likely N-dealkylation sites (tertiary alicyclic amines) is 1. The van der Waals surface area contributed by atoms with E-state index in [1.807, 2.05) is 17.9 Å². The van der Waals surface area contributed by atoms with Crippen LogP contribution in [0.5, 0.6) is 0 Å². The quantitative estimate of drug-likeness (QED) is 0.644. The highest BCUT2D eigenvalue weighted by Gasteiger charge is 2.30. The fraction of sp³-hybridized carbons (Fsp3) is 0.750. The van der Waals surface area contributed by atoms with E-state index >= 15 is 0 Å². The Balaban J connectivity index is 1.89. The zero-order valence-electron chi connectivity index (χ0n) is 15.3. The topological polar surface area (TPSA) is 79.6 Å². The van der Waals surface area contributed by atoms with Crippen LogP contribution >= 0.6 is 0 Å². The molecule has 0 aliphatic carbocycles. The largest absolute Gasteiger partial charge is 0.355 e. The van der Waals surface area contributed by atoms with Crippen molar-refractivity contribution in [2.24, 2.45) is 12.0 Å². The molecule has 0 radical (unpaired) electrons. The van der Waals surface area contributed by atoms with Gasteiger partial charge in [0.1, 0.15) is 0 Å². The molecule has 136 valence electrons. The summed E-state index contributed by atoms with van der Waals surface area (Å²) in [6.07, 6.45) is 5.02. The van der Waals surface area contributed by atoms with Crippen LogP contribution in [0.3, 0.4) is 0 Å². The van der Waals surface area contributed by atoms with Crippen LogP contribution in [-0.4, -0.2) is 66.2 Å². The van der Waals surface area contributed by atoms with Gasteiger partial charge in [0.25, 0.3) is 0 Å². The van der Waals surface area contributed by atoms with Crippen LogP contribution in [0.1, 0.15) is 38.7 Å². The number of hydrogen-bond acceptors (Lipinski definition) is 4. The predicted molar refractivity (Wildman–Crippen MR) is 97.0 cm³/mol. The number of nitrogens with one attached hydrogen (secondary N) is 1.